The molecule has 21 heavy (non-hydrogen) atoms. The summed E-state index contributed by atoms with van der Waals surface area (Å²) in [6.07, 6.45) is 3.68. The van der Waals surface area contributed by atoms with E-state index in [1.54, 1.807) is 19.4 Å². The molecule has 0 radical (unpaired) electrons. The van der Waals surface area contributed by atoms with Gasteiger partial charge in [-0.3, -0.25) is 0 Å². The molecule has 2 heterocycles. The summed E-state index contributed by atoms with van der Waals surface area (Å²) in [6, 6.07) is 12.4. The van der Waals surface area contributed by atoms with Crippen LogP contribution in [0.25, 0.3) is 0 Å². The Labute approximate surface area is 124 Å². The molecule has 0 saturated carbocycles. The van der Waals surface area contributed by atoms with E-state index in [0.717, 1.165) is 19.4 Å². The van der Waals surface area contributed by atoms with Crippen LogP contribution in [0.2, 0.25) is 0 Å². The van der Waals surface area contributed by atoms with Crippen molar-refractivity contribution < 1.29 is 9.47 Å². The van der Waals surface area contributed by atoms with Crippen LogP contribution >= 0.6 is 0 Å². The summed E-state index contributed by atoms with van der Waals surface area (Å²) < 4.78 is 11.0. The minimum Gasteiger partial charge on any atom is -0.481 e. The predicted molar refractivity (Wildman–Crippen MR) is 80.4 cm³/mol. The smallest absolute Gasteiger partial charge is 0.226 e. The van der Waals surface area contributed by atoms with Gasteiger partial charge in [0.2, 0.25) is 11.8 Å². The van der Waals surface area contributed by atoms with Gasteiger partial charge in [0.25, 0.3) is 0 Å². The summed E-state index contributed by atoms with van der Waals surface area (Å²) in [7, 11) is 1.60. The quantitative estimate of drug-likeness (QED) is 0.936. The zero-order valence-corrected chi connectivity index (χ0v) is 12.0. The fourth-order valence-electron chi connectivity index (χ4n) is 2.54. The van der Waals surface area contributed by atoms with Gasteiger partial charge in [-0.25, -0.2) is 4.98 Å². The van der Waals surface area contributed by atoms with Crippen molar-refractivity contribution in [2.75, 3.05) is 19.0 Å². The summed E-state index contributed by atoms with van der Waals surface area (Å²) in [5.41, 5.74) is 1.22. The van der Waals surface area contributed by atoms with Crippen molar-refractivity contribution in [3.63, 3.8) is 0 Å². The molecule has 0 spiro atoms. The number of hydrogen-bond donors (Lipinski definition) is 1. The molecular formula is C16H19N3O2. The highest BCUT2D eigenvalue weighted by molar-refractivity contribution is 5.29. The van der Waals surface area contributed by atoms with E-state index in [1.165, 1.54) is 5.56 Å². The number of aromatic nitrogens is 2. The van der Waals surface area contributed by atoms with Crippen molar-refractivity contribution in [3.8, 4) is 5.88 Å². The van der Waals surface area contributed by atoms with Gasteiger partial charge in [0, 0.05) is 24.9 Å². The number of nitrogens with one attached hydrogen (secondary N) is 1. The van der Waals surface area contributed by atoms with Crippen molar-refractivity contribution in [2.24, 2.45) is 0 Å². The molecule has 0 bridgehead atoms. The van der Waals surface area contributed by atoms with E-state index in [-0.39, 0.29) is 6.10 Å². The molecule has 0 unspecified atom stereocenters. The van der Waals surface area contributed by atoms with Gasteiger partial charge in [-0.05, 0) is 18.4 Å². The molecule has 5 nitrogen and oxygen atoms in total. The summed E-state index contributed by atoms with van der Waals surface area (Å²) in [6.45, 7) is 0.737. The third-order valence-electron chi connectivity index (χ3n) is 3.63. The number of rotatable bonds is 4. The minimum absolute atomic E-state index is 0.128. The van der Waals surface area contributed by atoms with Crippen LogP contribution in [0.3, 0.4) is 0 Å². The Hall–Kier alpha value is -2.14. The van der Waals surface area contributed by atoms with Crippen LogP contribution in [-0.4, -0.2) is 29.7 Å². The highest BCUT2D eigenvalue weighted by atomic mass is 16.5. The maximum absolute atomic E-state index is 5.87. The first-order chi connectivity index (χ1) is 10.3. The molecule has 1 aromatic carbocycles. The maximum atomic E-state index is 5.87. The standard InChI is InChI=1S/C16H19N3O2/c1-20-15-7-9-17-16(19-15)18-13-8-10-21-14(11-13)12-5-3-2-4-6-12/h2-7,9,13-14H,8,10-11H2,1H3,(H,17,18,19)/t13-,14-/m0/s1. The molecule has 1 saturated heterocycles. The fraction of sp³-hybridized carbons (Fsp3) is 0.375. The molecule has 1 fully saturated rings. The van der Waals surface area contributed by atoms with Crippen LogP contribution in [0.1, 0.15) is 24.5 Å². The molecule has 1 N–H and O–H groups in total. The second-order valence-electron chi connectivity index (χ2n) is 5.06. The number of nitrogens with zero attached hydrogens (tertiary/aromatic N) is 2. The summed E-state index contributed by atoms with van der Waals surface area (Å²) in [5.74, 6) is 1.17. The molecule has 1 aliphatic rings. The van der Waals surface area contributed by atoms with Crippen molar-refractivity contribution in [1.29, 1.82) is 0 Å². The monoisotopic (exact) mass is 285 g/mol. The van der Waals surface area contributed by atoms with E-state index < -0.39 is 0 Å². The Morgan fingerprint density at radius 2 is 2.10 bits per heavy atom. The normalized spacial score (nSPS) is 21.8. The van der Waals surface area contributed by atoms with Crippen LogP contribution in [0.4, 0.5) is 5.95 Å². The number of methoxy groups -OCH3 is 1. The molecule has 1 aliphatic heterocycles. The second-order valence-corrected chi connectivity index (χ2v) is 5.06. The van der Waals surface area contributed by atoms with Gasteiger partial charge in [0.05, 0.1) is 13.2 Å². The van der Waals surface area contributed by atoms with Gasteiger partial charge in [0.15, 0.2) is 0 Å². The summed E-state index contributed by atoms with van der Waals surface area (Å²) in [5, 5.41) is 3.37. The first-order valence-electron chi connectivity index (χ1n) is 7.15. The first-order valence-corrected chi connectivity index (χ1v) is 7.15. The fourth-order valence-corrected chi connectivity index (χ4v) is 2.54. The SMILES string of the molecule is COc1ccnc(N[C@H]2CCO[C@H](c3ccccc3)C2)n1. The van der Waals surface area contributed by atoms with Crippen LogP contribution in [0.5, 0.6) is 5.88 Å². The third kappa shape index (κ3) is 3.49. The van der Waals surface area contributed by atoms with E-state index in [4.69, 9.17) is 9.47 Å². The summed E-state index contributed by atoms with van der Waals surface area (Å²) >= 11 is 0. The van der Waals surface area contributed by atoms with Crippen LogP contribution in [-0.2, 0) is 4.74 Å². The molecule has 1 aromatic heterocycles. The zero-order chi connectivity index (χ0) is 14.5. The van der Waals surface area contributed by atoms with Crippen LogP contribution in [0.15, 0.2) is 42.6 Å². The van der Waals surface area contributed by atoms with Gasteiger partial charge < -0.3 is 14.8 Å². The van der Waals surface area contributed by atoms with Crippen LogP contribution in [0, 0.1) is 0 Å². The first kappa shape index (κ1) is 13.8. The number of benzene rings is 1. The van der Waals surface area contributed by atoms with E-state index >= 15 is 0 Å². The average molecular weight is 285 g/mol. The highest BCUT2D eigenvalue weighted by Crippen LogP contribution is 2.29. The van der Waals surface area contributed by atoms with Gasteiger partial charge >= 0.3 is 0 Å². The molecule has 2 aromatic rings. The average Bonchev–Trinajstić information content (AvgIpc) is 2.56. The largest absolute Gasteiger partial charge is 0.481 e. The van der Waals surface area contributed by atoms with E-state index in [1.807, 2.05) is 18.2 Å². The van der Waals surface area contributed by atoms with E-state index in [0.29, 0.717) is 17.9 Å². The number of hydrogen-bond acceptors (Lipinski definition) is 5. The Morgan fingerprint density at radius 3 is 2.90 bits per heavy atom. The van der Waals surface area contributed by atoms with Crippen molar-refractivity contribution in [1.82, 2.24) is 9.97 Å². The van der Waals surface area contributed by atoms with Crippen LogP contribution < -0.4 is 10.1 Å². The molecule has 2 atom stereocenters. The lowest BCUT2D eigenvalue weighted by atomic mass is 9.97. The lowest BCUT2D eigenvalue weighted by molar-refractivity contribution is 0.00968. The Kier molecular flexibility index (Phi) is 4.31. The molecule has 0 amide bonds. The van der Waals surface area contributed by atoms with Crippen molar-refractivity contribution >= 4 is 5.95 Å². The zero-order valence-electron chi connectivity index (χ0n) is 12.0. The molecule has 0 aliphatic carbocycles. The highest BCUT2D eigenvalue weighted by Gasteiger charge is 2.24. The Morgan fingerprint density at radius 1 is 1.24 bits per heavy atom. The molecule has 3 rings (SSSR count). The van der Waals surface area contributed by atoms with Gasteiger partial charge in [0.1, 0.15) is 0 Å². The molecule has 5 heteroatoms. The maximum Gasteiger partial charge on any atom is 0.226 e. The van der Waals surface area contributed by atoms with Gasteiger partial charge in [-0.2, -0.15) is 4.98 Å². The van der Waals surface area contributed by atoms with Gasteiger partial charge in [-0.15, -0.1) is 0 Å². The van der Waals surface area contributed by atoms with E-state index in [2.05, 4.69) is 27.4 Å². The summed E-state index contributed by atoms with van der Waals surface area (Å²) in [4.78, 5) is 8.53. The minimum atomic E-state index is 0.128. The topological polar surface area (TPSA) is 56.3 Å². The lowest BCUT2D eigenvalue weighted by Crippen LogP contribution is -2.30. The Balaban J connectivity index is 1.66. The predicted octanol–water partition coefficient (Wildman–Crippen LogP) is 2.82. The molecule has 110 valence electrons. The Bertz CT molecular complexity index is 577. The van der Waals surface area contributed by atoms with Gasteiger partial charge in [-0.1, -0.05) is 30.3 Å². The number of anilines is 1. The number of ether oxygens (including phenoxy) is 2. The van der Waals surface area contributed by atoms with Crippen molar-refractivity contribution in [3.05, 3.63) is 48.2 Å². The molecular weight excluding hydrogens is 266 g/mol. The second kappa shape index (κ2) is 6.54. The van der Waals surface area contributed by atoms with Crippen molar-refractivity contribution in [2.45, 2.75) is 25.0 Å². The van der Waals surface area contributed by atoms with E-state index in [9.17, 15) is 0 Å². The third-order valence-corrected chi connectivity index (χ3v) is 3.63. The lowest BCUT2D eigenvalue weighted by Gasteiger charge is -2.30.